The van der Waals surface area contributed by atoms with E-state index >= 15 is 0 Å². The fourth-order valence-corrected chi connectivity index (χ4v) is 5.04. The van der Waals surface area contributed by atoms with Gasteiger partial charge in [-0.2, -0.15) is 5.10 Å². The predicted molar refractivity (Wildman–Crippen MR) is 143 cm³/mol. The van der Waals surface area contributed by atoms with Crippen molar-refractivity contribution in [2.24, 2.45) is 0 Å². The predicted octanol–water partition coefficient (Wildman–Crippen LogP) is 4.45. The van der Waals surface area contributed by atoms with E-state index in [-0.39, 0.29) is 11.9 Å². The third-order valence-electron chi connectivity index (χ3n) is 7.04. The number of benzene rings is 1. The fraction of sp³-hybridized carbons (Fsp3) is 0.536. The molecule has 0 bridgehead atoms. The molecule has 2 aromatic heterocycles. The minimum atomic E-state index is -0.450. The minimum Gasteiger partial charge on any atom is -0.387 e. The number of aliphatic hydroxyl groups excluding tert-OH is 1. The number of aryl methyl sites for hydroxylation is 1. The highest BCUT2D eigenvalue weighted by Crippen LogP contribution is 2.26. The molecule has 0 spiro atoms. The molecule has 194 valence electrons. The fourth-order valence-electron chi connectivity index (χ4n) is 5.04. The van der Waals surface area contributed by atoms with Crippen LogP contribution >= 0.6 is 0 Å². The monoisotopic (exact) mass is 492 g/mol. The number of rotatable bonds is 13. The molecule has 8 heteroatoms. The number of unbranched alkanes of at least 4 members (excludes halogenated alkanes) is 5. The van der Waals surface area contributed by atoms with Gasteiger partial charge >= 0.3 is 0 Å². The van der Waals surface area contributed by atoms with Crippen LogP contribution in [-0.4, -0.2) is 56.2 Å². The number of hydrogen-bond donors (Lipinski definition) is 3. The summed E-state index contributed by atoms with van der Waals surface area (Å²) in [6.07, 6.45) is 14.3. The van der Waals surface area contributed by atoms with Crippen LogP contribution in [0.25, 0.3) is 5.52 Å². The van der Waals surface area contributed by atoms with E-state index in [1.54, 1.807) is 6.33 Å². The van der Waals surface area contributed by atoms with Crippen molar-refractivity contribution in [3.8, 4) is 0 Å². The van der Waals surface area contributed by atoms with Crippen LogP contribution < -0.4 is 10.6 Å². The molecule has 1 aliphatic heterocycles. The second-order valence-corrected chi connectivity index (χ2v) is 9.86. The van der Waals surface area contributed by atoms with Crippen LogP contribution in [0, 0.1) is 0 Å². The number of piperidine rings is 1. The SMILES string of the molecule is CCCCCCCCc1cccc(Nc2ncnn3ccc(CN4CCC(NC(=O)CO)CC4)c23)c1. The van der Waals surface area contributed by atoms with Gasteiger partial charge in [-0.15, -0.1) is 0 Å². The smallest absolute Gasteiger partial charge is 0.245 e. The zero-order valence-corrected chi connectivity index (χ0v) is 21.5. The Morgan fingerprint density at radius 1 is 1.11 bits per heavy atom. The van der Waals surface area contributed by atoms with E-state index in [1.807, 2.05) is 10.7 Å². The first kappa shape index (κ1) is 26.1. The number of nitrogens with one attached hydrogen (secondary N) is 2. The molecule has 0 atom stereocenters. The Labute approximate surface area is 214 Å². The number of nitrogens with zero attached hydrogens (tertiary/aromatic N) is 4. The zero-order valence-electron chi connectivity index (χ0n) is 21.5. The summed E-state index contributed by atoms with van der Waals surface area (Å²) in [6.45, 7) is 4.40. The molecule has 1 saturated heterocycles. The van der Waals surface area contributed by atoms with Crippen molar-refractivity contribution in [1.29, 1.82) is 0 Å². The molecule has 1 aliphatic rings. The van der Waals surface area contributed by atoms with Gasteiger partial charge < -0.3 is 15.7 Å². The summed E-state index contributed by atoms with van der Waals surface area (Å²) < 4.78 is 1.89. The summed E-state index contributed by atoms with van der Waals surface area (Å²) in [5.74, 6) is 0.516. The summed E-state index contributed by atoms with van der Waals surface area (Å²) in [7, 11) is 0. The molecule has 3 heterocycles. The van der Waals surface area contributed by atoms with Gasteiger partial charge in [0, 0.05) is 37.6 Å². The molecule has 4 rings (SSSR count). The normalized spacial score (nSPS) is 14.8. The Bertz CT molecular complexity index is 1110. The maximum atomic E-state index is 11.5. The van der Waals surface area contributed by atoms with Crippen LogP contribution in [0.4, 0.5) is 11.5 Å². The maximum absolute atomic E-state index is 11.5. The summed E-state index contributed by atoms with van der Waals surface area (Å²) in [5.41, 5.74) is 4.58. The van der Waals surface area contributed by atoms with Gasteiger partial charge in [0.1, 0.15) is 18.5 Å². The minimum absolute atomic E-state index is 0.135. The molecule has 1 fully saturated rings. The van der Waals surface area contributed by atoms with Gasteiger partial charge in [-0.1, -0.05) is 51.2 Å². The summed E-state index contributed by atoms with van der Waals surface area (Å²) in [5, 5.41) is 19.8. The van der Waals surface area contributed by atoms with Crippen molar-refractivity contribution in [3.05, 3.63) is 54.0 Å². The quantitative estimate of drug-likeness (QED) is 0.305. The summed E-state index contributed by atoms with van der Waals surface area (Å²) >= 11 is 0. The number of aromatic nitrogens is 3. The highest BCUT2D eigenvalue weighted by Gasteiger charge is 2.22. The van der Waals surface area contributed by atoms with Gasteiger partial charge in [-0.05, 0) is 55.0 Å². The Morgan fingerprint density at radius 2 is 1.92 bits per heavy atom. The second-order valence-electron chi connectivity index (χ2n) is 9.86. The molecule has 3 aromatic rings. The van der Waals surface area contributed by atoms with Crippen LogP contribution in [0.2, 0.25) is 0 Å². The van der Waals surface area contributed by atoms with Crippen molar-refractivity contribution in [3.63, 3.8) is 0 Å². The van der Waals surface area contributed by atoms with Crippen LogP contribution in [0.15, 0.2) is 42.9 Å². The van der Waals surface area contributed by atoms with Crippen molar-refractivity contribution in [2.75, 3.05) is 25.0 Å². The van der Waals surface area contributed by atoms with E-state index in [9.17, 15) is 4.79 Å². The highest BCUT2D eigenvalue weighted by atomic mass is 16.3. The molecule has 0 saturated carbocycles. The Hall–Kier alpha value is -2.97. The standard InChI is InChI=1S/C28H40N6O2/c1-2-3-4-5-6-7-9-22-10-8-11-25(18-22)32-28-27-23(12-17-34(27)30-21-29-28)19-33-15-13-24(14-16-33)31-26(36)20-35/h8,10-12,17-18,21,24,35H,2-7,9,13-16,19-20H2,1H3,(H,31,36)(H,29,30,32). The van der Waals surface area contributed by atoms with Gasteiger partial charge in [0.15, 0.2) is 5.82 Å². The number of hydrogen-bond acceptors (Lipinski definition) is 6. The highest BCUT2D eigenvalue weighted by molar-refractivity contribution is 5.77. The summed E-state index contributed by atoms with van der Waals surface area (Å²) in [4.78, 5) is 18.5. The van der Waals surface area contributed by atoms with Crippen molar-refractivity contribution in [1.82, 2.24) is 24.8 Å². The van der Waals surface area contributed by atoms with Crippen LogP contribution in [0.1, 0.15) is 69.4 Å². The Kier molecular flexibility index (Phi) is 9.69. The molecular weight excluding hydrogens is 452 g/mol. The number of fused-ring (bicyclic) bond motifs is 1. The van der Waals surface area contributed by atoms with Gasteiger partial charge in [0.05, 0.1) is 0 Å². The van der Waals surface area contributed by atoms with Crippen LogP contribution in [-0.2, 0) is 17.8 Å². The first-order chi connectivity index (χ1) is 17.7. The molecule has 8 nitrogen and oxygen atoms in total. The average molecular weight is 493 g/mol. The lowest BCUT2D eigenvalue weighted by Crippen LogP contribution is -2.45. The third-order valence-corrected chi connectivity index (χ3v) is 7.04. The number of amides is 1. The third kappa shape index (κ3) is 7.27. The molecule has 1 amide bonds. The van der Waals surface area contributed by atoms with E-state index < -0.39 is 6.61 Å². The van der Waals surface area contributed by atoms with E-state index in [4.69, 9.17) is 5.11 Å². The van der Waals surface area contributed by atoms with E-state index in [0.717, 1.165) is 55.9 Å². The zero-order chi connectivity index (χ0) is 25.2. The molecule has 0 aliphatic carbocycles. The molecule has 0 unspecified atom stereocenters. The lowest BCUT2D eigenvalue weighted by molar-refractivity contribution is -0.124. The van der Waals surface area contributed by atoms with Crippen molar-refractivity contribution in [2.45, 2.75) is 77.3 Å². The van der Waals surface area contributed by atoms with Gasteiger partial charge in [-0.25, -0.2) is 9.50 Å². The van der Waals surface area contributed by atoms with E-state index in [1.165, 1.54) is 49.7 Å². The van der Waals surface area contributed by atoms with E-state index in [2.05, 4.69) is 62.9 Å². The topological polar surface area (TPSA) is 94.8 Å². The number of carbonyl (C=O) groups is 1. The lowest BCUT2D eigenvalue weighted by Gasteiger charge is -2.32. The molecule has 1 aromatic carbocycles. The molecule has 3 N–H and O–H groups in total. The molecule has 36 heavy (non-hydrogen) atoms. The lowest BCUT2D eigenvalue weighted by atomic mass is 10.0. The Morgan fingerprint density at radius 3 is 2.72 bits per heavy atom. The first-order valence-electron chi connectivity index (χ1n) is 13.5. The van der Waals surface area contributed by atoms with Crippen molar-refractivity contribution < 1.29 is 9.90 Å². The molecular formula is C28H40N6O2. The second kappa shape index (κ2) is 13.4. The number of aliphatic hydroxyl groups is 1. The maximum Gasteiger partial charge on any atom is 0.245 e. The van der Waals surface area contributed by atoms with Gasteiger partial charge in [0.25, 0.3) is 0 Å². The largest absolute Gasteiger partial charge is 0.387 e. The van der Waals surface area contributed by atoms with Crippen LogP contribution in [0.5, 0.6) is 0 Å². The number of anilines is 2. The van der Waals surface area contributed by atoms with Crippen LogP contribution in [0.3, 0.4) is 0 Å². The molecule has 0 radical (unpaired) electrons. The Balaban J connectivity index is 1.37. The first-order valence-corrected chi connectivity index (χ1v) is 13.5. The van der Waals surface area contributed by atoms with Crippen molar-refractivity contribution >= 4 is 22.9 Å². The average Bonchev–Trinajstić information content (AvgIpc) is 3.31. The van der Waals surface area contributed by atoms with Gasteiger partial charge in [-0.3, -0.25) is 9.69 Å². The number of carbonyl (C=O) groups excluding carboxylic acids is 1. The van der Waals surface area contributed by atoms with Gasteiger partial charge in [0.2, 0.25) is 5.91 Å². The summed E-state index contributed by atoms with van der Waals surface area (Å²) in [6, 6.07) is 10.9. The number of likely N-dealkylation sites (tertiary alicyclic amines) is 1. The van der Waals surface area contributed by atoms with E-state index in [0.29, 0.717) is 0 Å².